The van der Waals surface area contributed by atoms with Gasteiger partial charge in [0.05, 0.1) is 6.54 Å². The van der Waals surface area contributed by atoms with Crippen molar-refractivity contribution in [1.82, 2.24) is 4.90 Å². The van der Waals surface area contributed by atoms with Gasteiger partial charge in [-0.2, -0.15) is 0 Å². The van der Waals surface area contributed by atoms with E-state index in [0.717, 1.165) is 25.8 Å². The fourth-order valence-electron chi connectivity index (χ4n) is 1.53. The summed E-state index contributed by atoms with van der Waals surface area (Å²) in [5.41, 5.74) is 0. The maximum Gasteiger partial charge on any atom is 0.222 e. The van der Waals surface area contributed by atoms with Crippen molar-refractivity contribution in [2.75, 3.05) is 13.1 Å². The second kappa shape index (κ2) is 5.00. The molecule has 1 amide bonds. The molecule has 74 valence electrons. The third-order valence-electron chi connectivity index (χ3n) is 2.43. The molecule has 3 heteroatoms. The zero-order chi connectivity index (χ0) is 9.68. The minimum Gasteiger partial charge on any atom is -0.335 e. The maximum absolute atomic E-state index is 11.4. The number of rotatable bonds is 3. The van der Waals surface area contributed by atoms with E-state index < -0.39 is 0 Å². The summed E-state index contributed by atoms with van der Waals surface area (Å²) >= 11 is 0. The monoisotopic (exact) mass is 183 g/mol. The van der Waals surface area contributed by atoms with Gasteiger partial charge in [0.25, 0.3) is 0 Å². The van der Waals surface area contributed by atoms with Crippen LogP contribution in [0.2, 0.25) is 0 Å². The van der Waals surface area contributed by atoms with Crippen molar-refractivity contribution < 1.29 is 9.59 Å². The molecule has 1 fully saturated rings. The fourth-order valence-corrected chi connectivity index (χ4v) is 1.53. The summed E-state index contributed by atoms with van der Waals surface area (Å²) in [6.07, 6.45) is 4.29. The molecule has 1 rings (SSSR count). The zero-order valence-electron chi connectivity index (χ0n) is 8.21. The van der Waals surface area contributed by atoms with Crippen LogP contribution in [-0.2, 0) is 9.59 Å². The number of amides is 1. The van der Waals surface area contributed by atoms with E-state index in [1.807, 2.05) is 6.92 Å². The molecule has 0 aromatic carbocycles. The van der Waals surface area contributed by atoms with E-state index in [1.165, 1.54) is 0 Å². The molecule has 0 unspecified atom stereocenters. The first-order valence-electron chi connectivity index (χ1n) is 5.03. The molecule has 3 nitrogen and oxygen atoms in total. The van der Waals surface area contributed by atoms with Gasteiger partial charge in [0.2, 0.25) is 5.91 Å². The third kappa shape index (κ3) is 3.17. The Hall–Kier alpha value is -0.860. The molecule has 0 N–H and O–H groups in total. The molecule has 1 heterocycles. The van der Waals surface area contributed by atoms with Gasteiger partial charge >= 0.3 is 0 Å². The number of hydrogen-bond donors (Lipinski definition) is 0. The summed E-state index contributed by atoms with van der Waals surface area (Å²) in [6.45, 7) is 2.94. The summed E-state index contributed by atoms with van der Waals surface area (Å²) in [4.78, 5) is 24.3. The Morgan fingerprint density at radius 3 is 2.85 bits per heavy atom. The number of likely N-dealkylation sites (tertiary alicyclic amines) is 1. The summed E-state index contributed by atoms with van der Waals surface area (Å²) < 4.78 is 0. The van der Waals surface area contributed by atoms with Crippen molar-refractivity contribution in [3.05, 3.63) is 0 Å². The Morgan fingerprint density at radius 2 is 2.15 bits per heavy atom. The van der Waals surface area contributed by atoms with Crippen molar-refractivity contribution in [3.8, 4) is 0 Å². The van der Waals surface area contributed by atoms with Crippen LogP contribution < -0.4 is 0 Å². The van der Waals surface area contributed by atoms with E-state index in [0.29, 0.717) is 19.4 Å². The number of carbonyl (C=O) groups excluding carboxylic acids is 2. The van der Waals surface area contributed by atoms with Crippen molar-refractivity contribution >= 4 is 11.7 Å². The number of carbonyl (C=O) groups is 2. The van der Waals surface area contributed by atoms with Gasteiger partial charge < -0.3 is 4.90 Å². The van der Waals surface area contributed by atoms with Crippen LogP contribution in [0.25, 0.3) is 0 Å². The molecule has 0 saturated carbocycles. The summed E-state index contributed by atoms with van der Waals surface area (Å²) in [5, 5.41) is 0. The standard InChI is InChI=1S/C10H17NO2/c1-2-9(12)8-11-7-5-3-4-6-10(11)13/h2-8H2,1H3. The van der Waals surface area contributed by atoms with Gasteiger partial charge in [-0.1, -0.05) is 13.3 Å². The van der Waals surface area contributed by atoms with E-state index in [-0.39, 0.29) is 11.7 Å². The Balaban J connectivity index is 2.45. The first kappa shape index (κ1) is 10.2. The lowest BCUT2D eigenvalue weighted by molar-refractivity contribution is -0.134. The fraction of sp³-hybridized carbons (Fsp3) is 0.800. The van der Waals surface area contributed by atoms with Gasteiger partial charge in [-0.25, -0.2) is 0 Å². The smallest absolute Gasteiger partial charge is 0.222 e. The summed E-state index contributed by atoms with van der Waals surface area (Å²) in [5.74, 6) is 0.314. The summed E-state index contributed by atoms with van der Waals surface area (Å²) in [7, 11) is 0. The predicted octanol–water partition coefficient (Wildman–Crippen LogP) is 1.37. The molecule has 1 aliphatic rings. The number of Topliss-reactive ketones (excluding diaryl/α,β-unsaturated/α-hetero) is 1. The molecule has 0 atom stereocenters. The Bertz CT molecular complexity index is 201. The van der Waals surface area contributed by atoms with Crippen LogP contribution in [0.15, 0.2) is 0 Å². The van der Waals surface area contributed by atoms with Gasteiger partial charge in [-0.05, 0) is 12.8 Å². The second-order valence-corrected chi connectivity index (χ2v) is 3.52. The van der Waals surface area contributed by atoms with Crippen LogP contribution in [0.1, 0.15) is 39.0 Å². The molecule has 0 radical (unpaired) electrons. The van der Waals surface area contributed by atoms with Crippen molar-refractivity contribution in [3.63, 3.8) is 0 Å². The average Bonchev–Trinajstić information content (AvgIpc) is 2.32. The molecule has 1 saturated heterocycles. The SMILES string of the molecule is CCC(=O)CN1CCCCCC1=O. The number of ketones is 1. The molecule has 0 bridgehead atoms. The predicted molar refractivity (Wildman–Crippen MR) is 50.3 cm³/mol. The van der Waals surface area contributed by atoms with Crippen LogP contribution in [0.4, 0.5) is 0 Å². The highest BCUT2D eigenvalue weighted by atomic mass is 16.2. The first-order chi connectivity index (χ1) is 6.24. The van der Waals surface area contributed by atoms with Gasteiger partial charge in [-0.3, -0.25) is 9.59 Å². The van der Waals surface area contributed by atoms with E-state index >= 15 is 0 Å². The topological polar surface area (TPSA) is 37.4 Å². The molecule has 0 aliphatic carbocycles. The molecule has 0 spiro atoms. The number of hydrogen-bond acceptors (Lipinski definition) is 2. The van der Waals surface area contributed by atoms with E-state index in [2.05, 4.69) is 0 Å². The molecule has 1 aliphatic heterocycles. The quantitative estimate of drug-likeness (QED) is 0.662. The van der Waals surface area contributed by atoms with Gasteiger partial charge in [0.15, 0.2) is 5.78 Å². The lowest BCUT2D eigenvalue weighted by Gasteiger charge is -2.18. The lowest BCUT2D eigenvalue weighted by atomic mass is 10.2. The third-order valence-corrected chi connectivity index (χ3v) is 2.43. The van der Waals surface area contributed by atoms with E-state index in [1.54, 1.807) is 4.90 Å². The largest absolute Gasteiger partial charge is 0.335 e. The highest BCUT2D eigenvalue weighted by Crippen LogP contribution is 2.10. The zero-order valence-corrected chi connectivity index (χ0v) is 8.21. The lowest BCUT2D eigenvalue weighted by Crippen LogP contribution is -2.34. The highest BCUT2D eigenvalue weighted by Gasteiger charge is 2.17. The minimum atomic E-state index is 0.152. The van der Waals surface area contributed by atoms with Crippen LogP contribution in [0, 0.1) is 0 Å². The van der Waals surface area contributed by atoms with Gasteiger partial charge in [0.1, 0.15) is 0 Å². The molecule has 13 heavy (non-hydrogen) atoms. The Morgan fingerprint density at radius 1 is 1.38 bits per heavy atom. The Labute approximate surface area is 79.1 Å². The average molecular weight is 183 g/mol. The highest BCUT2D eigenvalue weighted by molar-refractivity contribution is 5.85. The normalized spacial score (nSPS) is 18.5. The molecule has 0 aromatic heterocycles. The minimum absolute atomic E-state index is 0.152. The van der Waals surface area contributed by atoms with Crippen LogP contribution in [-0.4, -0.2) is 29.7 Å². The van der Waals surface area contributed by atoms with Crippen molar-refractivity contribution in [1.29, 1.82) is 0 Å². The first-order valence-corrected chi connectivity index (χ1v) is 5.03. The van der Waals surface area contributed by atoms with E-state index in [4.69, 9.17) is 0 Å². The Kier molecular flexibility index (Phi) is 3.93. The van der Waals surface area contributed by atoms with Gasteiger partial charge in [0, 0.05) is 19.4 Å². The van der Waals surface area contributed by atoms with Crippen LogP contribution >= 0.6 is 0 Å². The molecular weight excluding hydrogens is 166 g/mol. The molecular formula is C10H17NO2. The molecule has 0 aromatic rings. The van der Waals surface area contributed by atoms with Crippen molar-refractivity contribution in [2.45, 2.75) is 39.0 Å². The maximum atomic E-state index is 11.4. The second-order valence-electron chi connectivity index (χ2n) is 3.52. The van der Waals surface area contributed by atoms with Crippen molar-refractivity contribution in [2.24, 2.45) is 0 Å². The summed E-state index contributed by atoms with van der Waals surface area (Å²) in [6, 6.07) is 0. The van der Waals surface area contributed by atoms with Crippen LogP contribution in [0.3, 0.4) is 0 Å². The van der Waals surface area contributed by atoms with Crippen LogP contribution in [0.5, 0.6) is 0 Å². The number of nitrogens with zero attached hydrogens (tertiary/aromatic N) is 1. The van der Waals surface area contributed by atoms with E-state index in [9.17, 15) is 9.59 Å². The van der Waals surface area contributed by atoms with Gasteiger partial charge in [-0.15, -0.1) is 0 Å².